The third-order valence-electron chi connectivity index (χ3n) is 2.77. The van der Waals surface area contributed by atoms with Crippen molar-refractivity contribution in [2.45, 2.75) is 32.6 Å². The van der Waals surface area contributed by atoms with Crippen LogP contribution in [-0.2, 0) is 6.42 Å². The molecular weight excluding hydrogens is 230 g/mol. The number of unbranched alkanes of at least 4 members (excludes halogenated alkanes) is 2. The van der Waals surface area contributed by atoms with Gasteiger partial charge in [0.2, 0.25) is 0 Å². The molecule has 0 aliphatic carbocycles. The molecule has 1 aromatic rings. The SMILES string of the molecule is CCc1nc(NN)cc(N(C)CCCCCO)n1. The fourth-order valence-corrected chi connectivity index (χ4v) is 1.66. The Hall–Kier alpha value is -1.40. The Bertz CT molecular complexity index is 336. The Labute approximate surface area is 108 Å². The van der Waals surface area contributed by atoms with Crippen LogP contribution in [0.25, 0.3) is 0 Å². The van der Waals surface area contributed by atoms with Crippen LogP contribution in [0.3, 0.4) is 0 Å². The van der Waals surface area contributed by atoms with E-state index in [9.17, 15) is 0 Å². The number of aryl methyl sites for hydroxylation is 1. The highest BCUT2D eigenvalue weighted by Gasteiger charge is 2.07. The average molecular weight is 253 g/mol. The van der Waals surface area contributed by atoms with Crippen molar-refractivity contribution in [2.75, 3.05) is 30.5 Å². The van der Waals surface area contributed by atoms with Crippen molar-refractivity contribution in [3.8, 4) is 0 Å². The minimum Gasteiger partial charge on any atom is -0.396 e. The molecular formula is C12H23N5O. The normalized spacial score (nSPS) is 10.4. The highest BCUT2D eigenvalue weighted by Crippen LogP contribution is 2.15. The van der Waals surface area contributed by atoms with E-state index in [4.69, 9.17) is 10.9 Å². The smallest absolute Gasteiger partial charge is 0.145 e. The van der Waals surface area contributed by atoms with E-state index in [0.717, 1.165) is 43.9 Å². The summed E-state index contributed by atoms with van der Waals surface area (Å²) in [5.41, 5.74) is 2.56. The van der Waals surface area contributed by atoms with Gasteiger partial charge in [-0.3, -0.25) is 0 Å². The summed E-state index contributed by atoms with van der Waals surface area (Å²) < 4.78 is 0. The number of nitrogens with two attached hydrogens (primary N) is 1. The van der Waals surface area contributed by atoms with Gasteiger partial charge in [-0.2, -0.15) is 0 Å². The van der Waals surface area contributed by atoms with Crippen molar-refractivity contribution >= 4 is 11.6 Å². The molecule has 0 radical (unpaired) electrons. The highest BCUT2D eigenvalue weighted by molar-refractivity contribution is 5.48. The summed E-state index contributed by atoms with van der Waals surface area (Å²) in [7, 11) is 2.00. The van der Waals surface area contributed by atoms with E-state index in [1.54, 1.807) is 0 Å². The second-order valence-electron chi connectivity index (χ2n) is 4.23. The predicted octanol–water partition coefficient (Wildman–Crippen LogP) is 0.923. The van der Waals surface area contributed by atoms with Gasteiger partial charge in [-0.15, -0.1) is 0 Å². The molecule has 0 unspecified atom stereocenters. The van der Waals surface area contributed by atoms with Gasteiger partial charge in [-0.05, 0) is 19.3 Å². The number of aliphatic hydroxyl groups excluding tert-OH is 1. The molecule has 0 atom stereocenters. The standard InChI is InChI=1S/C12H23N5O/c1-3-10-14-11(16-13)9-12(15-10)17(2)7-5-4-6-8-18/h9,18H,3-8,13H2,1-2H3,(H,14,15,16). The number of rotatable bonds is 8. The van der Waals surface area contributed by atoms with Crippen molar-refractivity contribution in [1.29, 1.82) is 0 Å². The molecule has 0 aliphatic rings. The van der Waals surface area contributed by atoms with Gasteiger partial charge < -0.3 is 15.4 Å². The van der Waals surface area contributed by atoms with Gasteiger partial charge in [0.05, 0.1) is 0 Å². The number of nitrogens with zero attached hydrogens (tertiary/aromatic N) is 3. The van der Waals surface area contributed by atoms with E-state index < -0.39 is 0 Å². The van der Waals surface area contributed by atoms with Crippen molar-refractivity contribution < 1.29 is 5.11 Å². The van der Waals surface area contributed by atoms with E-state index in [-0.39, 0.29) is 6.61 Å². The lowest BCUT2D eigenvalue weighted by atomic mass is 10.2. The van der Waals surface area contributed by atoms with Gasteiger partial charge in [0, 0.05) is 32.7 Å². The van der Waals surface area contributed by atoms with Crippen LogP contribution in [0, 0.1) is 0 Å². The average Bonchev–Trinajstić information content (AvgIpc) is 2.42. The maximum atomic E-state index is 8.73. The first-order valence-corrected chi connectivity index (χ1v) is 6.37. The van der Waals surface area contributed by atoms with Crippen LogP contribution in [-0.4, -0.2) is 35.3 Å². The van der Waals surface area contributed by atoms with Crippen LogP contribution < -0.4 is 16.2 Å². The maximum Gasteiger partial charge on any atom is 0.145 e. The van der Waals surface area contributed by atoms with Crippen LogP contribution in [0.1, 0.15) is 32.0 Å². The molecule has 102 valence electrons. The van der Waals surface area contributed by atoms with Crippen molar-refractivity contribution in [3.63, 3.8) is 0 Å². The zero-order chi connectivity index (χ0) is 13.4. The van der Waals surface area contributed by atoms with Crippen molar-refractivity contribution in [2.24, 2.45) is 5.84 Å². The Morgan fingerprint density at radius 3 is 2.72 bits per heavy atom. The maximum absolute atomic E-state index is 8.73. The van der Waals surface area contributed by atoms with Crippen LogP contribution in [0.15, 0.2) is 6.07 Å². The second kappa shape index (κ2) is 7.84. The van der Waals surface area contributed by atoms with E-state index in [1.165, 1.54) is 0 Å². The lowest BCUT2D eigenvalue weighted by Crippen LogP contribution is -2.21. The summed E-state index contributed by atoms with van der Waals surface area (Å²) >= 11 is 0. The molecule has 18 heavy (non-hydrogen) atoms. The Balaban J connectivity index is 2.63. The van der Waals surface area contributed by atoms with E-state index in [1.807, 2.05) is 20.0 Å². The number of hydrazine groups is 1. The Morgan fingerprint density at radius 1 is 1.33 bits per heavy atom. The van der Waals surface area contributed by atoms with E-state index in [2.05, 4.69) is 20.3 Å². The molecule has 0 aliphatic heterocycles. The monoisotopic (exact) mass is 253 g/mol. The van der Waals surface area contributed by atoms with Gasteiger partial charge in [-0.1, -0.05) is 6.92 Å². The summed E-state index contributed by atoms with van der Waals surface area (Å²) in [6, 6.07) is 1.84. The first-order valence-electron chi connectivity index (χ1n) is 6.37. The summed E-state index contributed by atoms with van der Waals surface area (Å²) in [6.07, 6.45) is 3.69. The minimum atomic E-state index is 0.262. The Kier molecular flexibility index (Phi) is 6.38. The first-order chi connectivity index (χ1) is 8.71. The largest absolute Gasteiger partial charge is 0.396 e. The quantitative estimate of drug-likeness (QED) is 0.363. The van der Waals surface area contributed by atoms with Gasteiger partial charge in [0.15, 0.2) is 0 Å². The molecule has 6 nitrogen and oxygen atoms in total. The van der Waals surface area contributed by atoms with Crippen LogP contribution in [0.2, 0.25) is 0 Å². The highest BCUT2D eigenvalue weighted by atomic mass is 16.2. The summed E-state index contributed by atoms with van der Waals surface area (Å²) in [5, 5.41) is 8.73. The lowest BCUT2D eigenvalue weighted by molar-refractivity contribution is 0.283. The molecule has 0 saturated carbocycles. The summed E-state index contributed by atoms with van der Waals surface area (Å²) in [5.74, 6) is 7.69. The van der Waals surface area contributed by atoms with Crippen LogP contribution in [0.5, 0.6) is 0 Å². The molecule has 0 fully saturated rings. The fourth-order valence-electron chi connectivity index (χ4n) is 1.66. The number of nitrogen functional groups attached to an aromatic ring is 1. The molecule has 6 heteroatoms. The topological polar surface area (TPSA) is 87.3 Å². The molecule has 0 spiro atoms. The first kappa shape index (κ1) is 14.7. The number of hydrogen-bond acceptors (Lipinski definition) is 6. The van der Waals surface area contributed by atoms with Gasteiger partial charge in [0.25, 0.3) is 0 Å². The molecule has 1 rings (SSSR count). The van der Waals surface area contributed by atoms with Crippen LogP contribution >= 0.6 is 0 Å². The molecule has 0 aromatic carbocycles. The van der Waals surface area contributed by atoms with Crippen molar-refractivity contribution in [1.82, 2.24) is 9.97 Å². The van der Waals surface area contributed by atoms with E-state index in [0.29, 0.717) is 5.82 Å². The molecule has 0 bridgehead atoms. The number of hydrogen-bond donors (Lipinski definition) is 3. The molecule has 0 saturated heterocycles. The van der Waals surface area contributed by atoms with Gasteiger partial charge in [-0.25, -0.2) is 15.8 Å². The predicted molar refractivity (Wildman–Crippen MR) is 73.4 cm³/mol. The van der Waals surface area contributed by atoms with E-state index >= 15 is 0 Å². The number of aromatic nitrogens is 2. The lowest BCUT2D eigenvalue weighted by Gasteiger charge is -2.19. The fraction of sp³-hybridized carbons (Fsp3) is 0.667. The molecule has 1 aromatic heterocycles. The number of nitrogens with one attached hydrogen (secondary N) is 1. The molecule has 0 amide bonds. The van der Waals surface area contributed by atoms with Gasteiger partial charge in [0.1, 0.15) is 17.5 Å². The molecule has 1 heterocycles. The number of anilines is 2. The second-order valence-corrected chi connectivity index (χ2v) is 4.23. The Morgan fingerprint density at radius 2 is 2.11 bits per heavy atom. The summed E-state index contributed by atoms with van der Waals surface area (Å²) in [6.45, 7) is 3.18. The number of aliphatic hydroxyl groups is 1. The molecule has 4 N–H and O–H groups in total. The zero-order valence-corrected chi connectivity index (χ0v) is 11.2. The third-order valence-corrected chi connectivity index (χ3v) is 2.77. The third kappa shape index (κ3) is 4.46. The van der Waals surface area contributed by atoms with Crippen LogP contribution in [0.4, 0.5) is 11.6 Å². The summed E-state index contributed by atoms with van der Waals surface area (Å²) in [4.78, 5) is 10.8. The van der Waals surface area contributed by atoms with Crippen molar-refractivity contribution in [3.05, 3.63) is 11.9 Å². The van der Waals surface area contributed by atoms with Gasteiger partial charge >= 0.3 is 0 Å². The minimum absolute atomic E-state index is 0.262. The zero-order valence-electron chi connectivity index (χ0n) is 11.2.